The van der Waals surface area contributed by atoms with Crippen LogP contribution in [0.25, 0.3) is 0 Å². The second-order valence-electron chi connectivity index (χ2n) is 4.23. The number of hydrogen-bond donors (Lipinski definition) is 0. The monoisotopic (exact) mass is 170 g/mol. The van der Waals surface area contributed by atoms with Gasteiger partial charge >= 0.3 is 0 Å². The molecule has 0 radical (unpaired) electrons. The molecule has 1 heterocycles. The third-order valence-corrected chi connectivity index (χ3v) is 3.10. The third-order valence-electron chi connectivity index (χ3n) is 3.10. The fourth-order valence-corrected chi connectivity index (χ4v) is 2.17. The van der Waals surface area contributed by atoms with E-state index in [2.05, 4.69) is 6.92 Å². The molecule has 0 unspecified atom stereocenters. The van der Waals surface area contributed by atoms with Crippen LogP contribution in [0.2, 0.25) is 0 Å². The minimum atomic E-state index is 0.0503. The standard InChI is InChI=1S/C10H18O2/c1-7-3-5-9(6-4-7)10-11-8(2)12-10/h7-10H,3-6H2,1-2H3. The molecule has 0 amide bonds. The van der Waals surface area contributed by atoms with Gasteiger partial charge < -0.3 is 9.47 Å². The van der Waals surface area contributed by atoms with Gasteiger partial charge in [0.25, 0.3) is 0 Å². The van der Waals surface area contributed by atoms with E-state index in [9.17, 15) is 0 Å². The fourth-order valence-electron chi connectivity index (χ4n) is 2.17. The van der Waals surface area contributed by atoms with Crippen LogP contribution in [0.3, 0.4) is 0 Å². The summed E-state index contributed by atoms with van der Waals surface area (Å²) >= 11 is 0. The summed E-state index contributed by atoms with van der Waals surface area (Å²) < 4.78 is 11.0. The van der Waals surface area contributed by atoms with Crippen molar-refractivity contribution in [3.05, 3.63) is 0 Å². The Kier molecular flexibility index (Phi) is 2.37. The normalized spacial score (nSPS) is 48.5. The highest BCUT2D eigenvalue weighted by molar-refractivity contribution is 4.75. The van der Waals surface area contributed by atoms with E-state index in [1.807, 2.05) is 6.92 Å². The van der Waals surface area contributed by atoms with Crippen molar-refractivity contribution in [2.24, 2.45) is 11.8 Å². The highest BCUT2D eigenvalue weighted by atomic mass is 16.9. The van der Waals surface area contributed by atoms with Crippen LogP contribution < -0.4 is 0 Å². The van der Waals surface area contributed by atoms with Crippen LogP contribution in [0.15, 0.2) is 0 Å². The van der Waals surface area contributed by atoms with Crippen molar-refractivity contribution >= 4 is 0 Å². The maximum Gasteiger partial charge on any atom is 0.166 e. The summed E-state index contributed by atoms with van der Waals surface area (Å²) in [6.45, 7) is 4.29. The Balaban J connectivity index is 1.75. The summed E-state index contributed by atoms with van der Waals surface area (Å²) in [4.78, 5) is 0. The molecule has 0 aromatic heterocycles. The van der Waals surface area contributed by atoms with Gasteiger partial charge in [0.1, 0.15) is 0 Å². The van der Waals surface area contributed by atoms with Gasteiger partial charge in [-0.2, -0.15) is 0 Å². The van der Waals surface area contributed by atoms with Crippen molar-refractivity contribution in [1.82, 2.24) is 0 Å². The zero-order valence-electron chi connectivity index (χ0n) is 7.95. The van der Waals surface area contributed by atoms with Gasteiger partial charge in [0, 0.05) is 5.92 Å². The molecule has 70 valence electrons. The maximum atomic E-state index is 5.49. The van der Waals surface area contributed by atoms with Crippen LogP contribution in [-0.2, 0) is 9.47 Å². The van der Waals surface area contributed by atoms with Gasteiger partial charge in [0.05, 0.1) is 0 Å². The van der Waals surface area contributed by atoms with Crippen LogP contribution in [0.1, 0.15) is 39.5 Å². The molecular formula is C10H18O2. The molecule has 2 rings (SSSR count). The molecule has 1 aliphatic heterocycles. The van der Waals surface area contributed by atoms with E-state index >= 15 is 0 Å². The van der Waals surface area contributed by atoms with E-state index in [-0.39, 0.29) is 12.6 Å². The fraction of sp³-hybridized carbons (Fsp3) is 1.00. The van der Waals surface area contributed by atoms with Gasteiger partial charge in [-0.1, -0.05) is 19.8 Å². The Morgan fingerprint density at radius 1 is 0.917 bits per heavy atom. The Labute approximate surface area is 74.2 Å². The topological polar surface area (TPSA) is 18.5 Å². The summed E-state index contributed by atoms with van der Waals surface area (Å²) in [7, 11) is 0. The van der Waals surface area contributed by atoms with Crippen molar-refractivity contribution in [2.75, 3.05) is 0 Å². The first kappa shape index (κ1) is 8.52. The molecule has 1 saturated carbocycles. The highest BCUT2D eigenvalue weighted by Crippen LogP contribution is 2.35. The summed E-state index contributed by atoms with van der Waals surface area (Å²) in [6, 6.07) is 0. The first-order valence-corrected chi connectivity index (χ1v) is 5.06. The van der Waals surface area contributed by atoms with Crippen LogP contribution >= 0.6 is 0 Å². The zero-order chi connectivity index (χ0) is 8.55. The van der Waals surface area contributed by atoms with E-state index in [1.54, 1.807) is 0 Å². The largest absolute Gasteiger partial charge is 0.324 e. The Morgan fingerprint density at radius 3 is 2.00 bits per heavy atom. The van der Waals surface area contributed by atoms with Gasteiger partial charge in [-0.05, 0) is 25.7 Å². The van der Waals surface area contributed by atoms with Crippen LogP contribution in [0.5, 0.6) is 0 Å². The number of rotatable bonds is 1. The van der Waals surface area contributed by atoms with E-state index in [0.717, 1.165) is 5.92 Å². The zero-order valence-corrected chi connectivity index (χ0v) is 7.95. The first-order chi connectivity index (χ1) is 5.75. The van der Waals surface area contributed by atoms with E-state index in [0.29, 0.717) is 5.92 Å². The average molecular weight is 170 g/mol. The lowest BCUT2D eigenvalue weighted by Crippen LogP contribution is -2.44. The van der Waals surface area contributed by atoms with Crippen molar-refractivity contribution < 1.29 is 9.47 Å². The molecule has 0 bridgehead atoms. The number of hydrogen-bond acceptors (Lipinski definition) is 2. The first-order valence-electron chi connectivity index (χ1n) is 5.06. The molecule has 2 heteroatoms. The van der Waals surface area contributed by atoms with Crippen LogP contribution in [0, 0.1) is 11.8 Å². The molecule has 0 N–H and O–H groups in total. The van der Waals surface area contributed by atoms with Crippen molar-refractivity contribution in [1.29, 1.82) is 0 Å². The van der Waals surface area contributed by atoms with Crippen molar-refractivity contribution in [3.8, 4) is 0 Å². The van der Waals surface area contributed by atoms with Crippen molar-refractivity contribution in [3.63, 3.8) is 0 Å². The average Bonchev–Trinajstić information content (AvgIpc) is 2.01. The molecule has 0 aromatic rings. The summed E-state index contributed by atoms with van der Waals surface area (Å²) in [6.07, 6.45) is 5.46. The van der Waals surface area contributed by atoms with E-state index < -0.39 is 0 Å². The SMILES string of the molecule is CC1CCC(C2OC(C)O2)CC1. The van der Waals surface area contributed by atoms with Crippen molar-refractivity contribution in [2.45, 2.75) is 52.1 Å². The Bertz CT molecular complexity index is 144. The quantitative estimate of drug-likeness (QED) is 0.602. The Morgan fingerprint density at radius 2 is 1.50 bits per heavy atom. The molecule has 1 aliphatic carbocycles. The molecular weight excluding hydrogens is 152 g/mol. The molecule has 0 aromatic carbocycles. The predicted octanol–water partition coefficient (Wildman–Crippen LogP) is 2.53. The van der Waals surface area contributed by atoms with Gasteiger partial charge in [-0.25, -0.2) is 0 Å². The molecule has 2 nitrogen and oxygen atoms in total. The lowest BCUT2D eigenvalue weighted by Gasteiger charge is -2.41. The van der Waals surface area contributed by atoms with E-state index in [4.69, 9.17) is 9.47 Å². The second-order valence-corrected chi connectivity index (χ2v) is 4.23. The van der Waals surface area contributed by atoms with Gasteiger partial charge in [-0.15, -0.1) is 0 Å². The molecule has 12 heavy (non-hydrogen) atoms. The third kappa shape index (κ3) is 1.64. The highest BCUT2D eigenvalue weighted by Gasteiger charge is 2.35. The van der Waals surface area contributed by atoms with Gasteiger partial charge in [0.2, 0.25) is 0 Å². The lowest BCUT2D eigenvalue weighted by molar-refractivity contribution is -0.394. The summed E-state index contributed by atoms with van der Waals surface area (Å²) in [5, 5.41) is 0. The predicted molar refractivity (Wildman–Crippen MR) is 46.5 cm³/mol. The molecule has 1 saturated heterocycles. The molecule has 0 atom stereocenters. The smallest absolute Gasteiger partial charge is 0.166 e. The number of ether oxygens (including phenoxy) is 2. The maximum absolute atomic E-state index is 5.49. The lowest BCUT2D eigenvalue weighted by atomic mass is 9.82. The van der Waals surface area contributed by atoms with Gasteiger partial charge in [-0.3, -0.25) is 0 Å². The van der Waals surface area contributed by atoms with Gasteiger partial charge in [0.15, 0.2) is 12.6 Å². The molecule has 0 spiro atoms. The van der Waals surface area contributed by atoms with Crippen LogP contribution in [0.4, 0.5) is 0 Å². The summed E-state index contributed by atoms with van der Waals surface area (Å²) in [5.74, 6) is 1.59. The minimum Gasteiger partial charge on any atom is -0.324 e. The molecule has 2 fully saturated rings. The van der Waals surface area contributed by atoms with Crippen LogP contribution in [-0.4, -0.2) is 12.6 Å². The summed E-state index contributed by atoms with van der Waals surface area (Å²) in [5.41, 5.74) is 0. The Hall–Kier alpha value is -0.0800. The molecule has 2 aliphatic rings. The minimum absolute atomic E-state index is 0.0503. The second kappa shape index (κ2) is 3.35. The van der Waals surface area contributed by atoms with E-state index in [1.165, 1.54) is 25.7 Å².